The lowest BCUT2D eigenvalue weighted by molar-refractivity contribution is 0.194. The minimum atomic E-state index is -0.549. The Bertz CT molecular complexity index is 724. The van der Waals surface area contributed by atoms with Crippen LogP contribution in [0.1, 0.15) is 23.6 Å². The number of anilines is 1. The van der Waals surface area contributed by atoms with E-state index in [1.165, 1.54) is 24.3 Å². The molecule has 0 aromatic heterocycles. The van der Waals surface area contributed by atoms with Crippen molar-refractivity contribution in [3.63, 3.8) is 0 Å². The summed E-state index contributed by atoms with van der Waals surface area (Å²) in [4.78, 5) is 1.87. The third-order valence-electron chi connectivity index (χ3n) is 3.92. The number of aliphatic hydroxyl groups is 1. The predicted molar refractivity (Wildman–Crippen MR) is 78.2 cm³/mol. The maximum atomic E-state index is 13.3. The van der Waals surface area contributed by atoms with Gasteiger partial charge in [-0.3, -0.25) is 0 Å². The quantitative estimate of drug-likeness (QED) is 0.927. The second-order valence-electron chi connectivity index (χ2n) is 5.38. The van der Waals surface area contributed by atoms with Gasteiger partial charge in [-0.25, -0.2) is 8.78 Å². The lowest BCUT2D eigenvalue weighted by atomic mass is 10.0. The number of nitrogens with zero attached hydrogens (tertiary/aromatic N) is 2. The maximum Gasteiger partial charge on any atom is 0.124 e. The summed E-state index contributed by atoms with van der Waals surface area (Å²) in [6.45, 7) is 0.350. The predicted octanol–water partition coefficient (Wildman–Crippen LogP) is 3.15. The van der Waals surface area contributed by atoms with E-state index in [0.29, 0.717) is 18.7 Å². The fourth-order valence-electron chi connectivity index (χ4n) is 2.93. The molecule has 1 aliphatic rings. The van der Waals surface area contributed by atoms with Gasteiger partial charge in [0, 0.05) is 6.54 Å². The molecule has 0 spiro atoms. The van der Waals surface area contributed by atoms with Crippen LogP contribution in [-0.4, -0.2) is 17.8 Å². The largest absolute Gasteiger partial charge is 0.391 e. The van der Waals surface area contributed by atoms with E-state index in [1.807, 2.05) is 11.0 Å². The van der Waals surface area contributed by atoms with Crippen LogP contribution < -0.4 is 4.90 Å². The van der Waals surface area contributed by atoms with Crippen molar-refractivity contribution in [3.8, 4) is 6.07 Å². The van der Waals surface area contributed by atoms with E-state index in [1.54, 1.807) is 18.2 Å². The SMILES string of the molecule is N#Cc1cc(F)ccc1N1CC(O)CC1c1ccc(F)cc1. The lowest BCUT2D eigenvalue weighted by Gasteiger charge is -2.27. The molecule has 1 fully saturated rings. The van der Waals surface area contributed by atoms with Crippen LogP contribution in [0.4, 0.5) is 14.5 Å². The van der Waals surface area contributed by atoms with Gasteiger partial charge in [-0.2, -0.15) is 5.26 Å². The van der Waals surface area contributed by atoms with Crippen LogP contribution in [0.2, 0.25) is 0 Å². The van der Waals surface area contributed by atoms with Crippen LogP contribution in [0.15, 0.2) is 42.5 Å². The minimum absolute atomic E-state index is 0.173. The molecule has 2 aromatic rings. The van der Waals surface area contributed by atoms with Crippen molar-refractivity contribution in [1.82, 2.24) is 0 Å². The Labute approximate surface area is 127 Å². The van der Waals surface area contributed by atoms with E-state index in [9.17, 15) is 19.1 Å². The molecule has 22 heavy (non-hydrogen) atoms. The normalized spacial score (nSPS) is 20.9. The molecule has 0 aliphatic carbocycles. The zero-order valence-electron chi connectivity index (χ0n) is 11.7. The first-order valence-corrected chi connectivity index (χ1v) is 6.98. The molecule has 3 rings (SSSR count). The van der Waals surface area contributed by atoms with E-state index >= 15 is 0 Å². The van der Waals surface area contributed by atoms with Gasteiger partial charge in [-0.15, -0.1) is 0 Å². The fourth-order valence-corrected chi connectivity index (χ4v) is 2.93. The zero-order chi connectivity index (χ0) is 15.7. The molecule has 0 bridgehead atoms. The number of halogens is 2. The summed E-state index contributed by atoms with van der Waals surface area (Å²) in [5, 5.41) is 19.2. The van der Waals surface area contributed by atoms with E-state index in [2.05, 4.69) is 0 Å². The number of hydrogen-bond donors (Lipinski definition) is 1. The van der Waals surface area contributed by atoms with Crippen LogP contribution >= 0.6 is 0 Å². The first kappa shape index (κ1) is 14.5. The van der Waals surface area contributed by atoms with Gasteiger partial charge in [0.1, 0.15) is 17.7 Å². The molecule has 1 saturated heterocycles. The van der Waals surface area contributed by atoms with Gasteiger partial charge in [0.15, 0.2) is 0 Å². The molecule has 0 saturated carbocycles. The molecule has 1 N–H and O–H groups in total. The van der Waals surface area contributed by atoms with E-state index in [0.717, 1.165) is 5.56 Å². The van der Waals surface area contributed by atoms with Gasteiger partial charge in [-0.1, -0.05) is 12.1 Å². The molecule has 2 unspecified atom stereocenters. The molecule has 1 heterocycles. The fraction of sp³-hybridized carbons (Fsp3) is 0.235. The number of benzene rings is 2. The van der Waals surface area contributed by atoms with Crippen molar-refractivity contribution in [1.29, 1.82) is 5.26 Å². The number of rotatable bonds is 2. The highest BCUT2D eigenvalue weighted by atomic mass is 19.1. The third-order valence-corrected chi connectivity index (χ3v) is 3.92. The van der Waals surface area contributed by atoms with Gasteiger partial charge >= 0.3 is 0 Å². The van der Waals surface area contributed by atoms with E-state index < -0.39 is 11.9 Å². The van der Waals surface area contributed by atoms with Crippen LogP contribution in [0, 0.1) is 23.0 Å². The average molecular weight is 300 g/mol. The van der Waals surface area contributed by atoms with Gasteiger partial charge < -0.3 is 10.0 Å². The number of aliphatic hydroxyl groups excluding tert-OH is 1. The molecule has 2 aromatic carbocycles. The summed E-state index contributed by atoms with van der Waals surface area (Å²) in [5.74, 6) is -0.799. The van der Waals surface area contributed by atoms with Gasteiger partial charge in [-0.05, 0) is 42.3 Å². The first-order valence-electron chi connectivity index (χ1n) is 6.98. The number of nitriles is 1. The second-order valence-corrected chi connectivity index (χ2v) is 5.38. The summed E-state index contributed by atoms with van der Waals surface area (Å²) in [5.41, 5.74) is 1.65. The van der Waals surface area contributed by atoms with Gasteiger partial charge in [0.05, 0.1) is 23.4 Å². The molecular weight excluding hydrogens is 286 g/mol. The topological polar surface area (TPSA) is 47.3 Å². The van der Waals surface area contributed by atoms with Gasteiger partial charge in [0.25, 0.3) is 0 Å². The third kappa shape index (κ3) is 2.66. The van der Waals surface area contributed by atoms with Crippen molar-refractivity contribution in [2.75, 3.05) is 11.4 Å². The van der Waals surface area contributed by atoms with Crippen molar-refractivity contribution in [2.24, 2.45) is 0 Å². The highest BCUT2D eigenvalue weighted by molar-refractivity contribution is 5.61. The standard InChI is InChI=1S/C17H14F2N2O/c18-13-3-1-11(2-4-13)17-8-15(22)10-21(17)16-6-5-14(19)7-12(16)9-20/h1-7,15,17,22H,8,10H2. The smallest absolute Gasteiger partial charge is 0.124 e. The van der Waals surface area contributed by atoms with E-state index in [-0.39, 0.29) is 17.4 Å². The highest BCUT2D eigenvalue weighted by Crippen LogP contribution is 2.37. The highest BCUT2D eigenvalue weighted by Gasteiger charge is 2.33. The summed E-state index contributed by atoms with van der Waals surface area (Å²) < 4.78 is 26.4. The Kier molecular flexibility index (Phi) is 3.78. The Balaban J connectivity index is 2.01. The monoisotopic (exact) mass is 300 g/mol. The molecule has 0 radical (unpaired) electrons. The number of β-amino-alcohol motifs (C(OH)–C–C–N with tert-alkyl or cyclic N) is 1. The van der Waals surface area contributed by atoms with Crippen LogP contribution in [-0.2, 0) is 0 Å². The van der Waals surface area contributed by atoms with Gasteiger partial charge in [0.2, 0.25) is 0 Å². The van der Waals surface area contributed by atoms with Crippen LogP contribution in [0.25, 0.3) is 0 Å². The first-order chi connectivity index (χ1) is 10.6. The van der Waals surface area contributed by atoms with Crippen molar-refractivity contribution < 1.29 is 13.9 Å². The van der Waals surface area contributed by atoms with Crippen molar-refractivity contribution >= 4 is 5.69 Å². The van der Waals surface area contributed by atoms with Crippen molar-refractivity contribution in [2.45, 2.75) is 18.6 Å². The molecule has 0 amide bonds. The van der Waals surface area contributed by atoms with Crippen LogP contribution in [0.3, 0.4) is 0 Å². The molecule has 1 aliphatic heterocycles. The molecule has 2 atom stereocenters. The summed E-state index contributed by atoms with van der Waals surface area (Å²) in [7, 11) is 0. The summed E-state index contributed by atoms with van der Waals surface area (Å²) in [6.07, 6.45) is -0.0694. The summed E-state index contributed by atoms with van der Waals surface area (Å²) in [6, 6.07) is 11.9. The van der Waals surface area contributed by atoms with Crippen molar-refractivity contribution in [3.05, 3.63) is 65.2 Å². The van der Waals surface area contributed by atoms with Crippen LogP contribution in [0.5, 0.6) is 0 Å². The maximum absolute atomic E-state index is 13.3. The summed E-state index contributed by atoms with van der Waals surface area (Å²) >= 11 is 0. The Morgan fingerprint density at radius 2 is 1.77 bits per heavy atom. The second kappa shape index (κ2) is 5.74. The van der Waals surface area contributed by atoms with E-state index in [4.69, 9.17) is 0 Å². The lowest BCUT2D eigenvalue weighted by Crippen LogP contribution is -2.25. The minimum Gasteiger partial charge on any atom is -0.391 e. The average Bonchev–Trinajstić information content (AvgIpc) is 2.89. The Morgan fingerprint density at radius 1 is 1.09 bits per heavy atom. The molecule has 112 valence electrons. The molecule has 5 heteroatoms. The zero-order valence-corrected chi connectivity index (χ0v) is 11.7. The molecule has 3 nitrogen and oxygen atoms in total. The Hall–Kier alpha value is -2.45. The Morgan fingerprint density at radius 3 is 2.45 bits per heavy atom. The number of hydrogen-bond acceptors (Lipinski definition) is 3. The molecular formula is C17H14F2N2O.